The SMILES string of the molecule is Cc1cccc(C)c1CNc1ccc(CC(N)=O)cc1. The lowest BCUT2D eigenvalue weighted by Crippen LogP contribution is -2.13. The van der Waals surface area contributed by atoms with Crippen molar-refractivity contribution in [3.63, 3.8) is 0 Å². The monoisotopic (exact) mass is 268 g/mol. The molecule has 0 bridgehead atoms. The number of nitrogens with one attached hydrogen (secondary N) is 1. The number of hydrogen-bond donors (Lipinski definition) is 2. The van der Waals surface area contributed by atoms with Crippen LogP contribution in [0.15, 0.2) is 42.5 Å². The summed E-state index contributed by atoms with van der Waals surface area (Å²) in [6.45, 7) is 5.05. The molecule has 2 rings (SSSR count). The molecular weight excluding hydrogens is 248 g/mol. The second-order valence-electron chi connectivity index (χ2n) is 5.06. The molecular formula is C17H20N2O. The van der Waals surface area contributed by atoms with Crippen molar-refractivity contribution in [1.29, 1.82) is 0 Å². The molecule has 3 heteroatoms. The first kappa shape index (κ1) is 14.1. The van der Waals surface area contributed by atoms with Crippen LogP contribution in [0.2, 0.25) is 0 Å². The molecule has 0 aliphatic heterocycles. The molecule has 0 fully saturated rings. The van der Waals surface area contributed by atoms with Crippen molar-refractivity contribution in [2.45, 2.75) is 26.8 Å². The van der Waals surface area contributed by atoms with Gasteiger partial charge in [-0.1, -0.05) is 30.3 Å². The van der Waals surface area contributed by atoms with Gasteiger partial charge in [0.15, 0.2) is 0 Å². The van der Waals surface area contributed by atoms with Gasteiger partial charge >= 0.3 is 0 Å². The Morgan fingerprint density at radius 3 is 2.20 bits per heavy atom. The largest absolute Gasteiger partial charge is 0.381 e. The van der Waals surface area contributed by atoms with Crippen LogP contribution in [0.4, 0.5) is 5.69 Å². The Labute approximate surface area is 119 Å². The topological polar surface area (TPSA) is 55.1 Å². The van der Waals surface area contributed by atoms with Crippen molar-refractivity contribution in [3.8, 4) is 0 Å². The smallest absolute Gasteiger partial charge is 0.221 e. The summed E-state index contributed by atoms with van der Waals surface area (Å²) in [5, 5.41) is 3.41. The molecule has 0 spiro atoms. The van der Waals surface area contributed by atoms with Crippen molar-refractivity contribution in [1.82, 2.24) is 0 Å². The number of primary amides is 1. The van der Waals surface area contributed by atoms with Crippen molar-refractivity contribution in [3.05, 3.63) is 64.7 Å². The van der Waals surface area contributed by atoms with E-state index in [1.54, 1.807) is 0 Å². The molecule has 0 unspecified atom stereocenters. The maximum atomic E-state index is 10.8. The van der Waals surface area contributed by atoms with Crippen LogP contribution in [0.25, 0.3) is 0 Å². The maximum Gasteiger partial charge on any atom is 0.221 e. The molecule has 104 valence electrons. The van der Waals surface area contributed by atoms with Gasteiger partial charge in [0.2, 0.25) is 5.91 Å². The van der Waals surface area contributed by atoms with Crippen LogP contribution >= 0.6 is 0 Å². The summed E-state index contributed by atoms with van der Waals surface area (Å²) in [4.78, 5) is 10.8. The van der Waals surface area contributed by atoms with Crippen LogP contribution in [0.1, 0.15) is 22.3 Å². The zero-order chi connectivity index (χ0) is 14.5. The molecule has 0 aliphatic rings. The minimum atomic E-state index is -0.304. The number of aryl methyl sites for hydroxylation is 2. The number of hydrogen-bond acceptors (Lipinski definition) is 2. The van der Waals surface area contributed by atoms with Gasteiger partial charge in [0, 0.05) is 12.2 Å². The summed E-state index contributed by atoms with van der Waals surface area (Å²) in [6.07, 6.45) is 0.289. The minimum Gasteiger partial charge on any atom is -0.381 e. The third kappa shape index (κ3) is 3.60. The summed E-state index contributed by atoms with van der Waals surface area (Å²) < 4.78 is 0. The molecule has 3 N–H and O–H groups in total. The summed E-state index contributed by atoms with van der Waals surface area (Å²) in [5.74, 6) is -0.304. The number of anilines is 1. The number of nitrogens with two attached hydrogens (primary N) is 1. The fraction of sp³-hybridized carbons (Fsp3) is 0.235. The third-order valence-electron chi connectivity index (χ3n) is 3.45. The minimum absolute atomic E-state index is 0.289. The van der Waals surface area contributed by atoms with Gasteiger partial charge in [0.05, 0.1) is 6.42 Å². The lowest BCUT2D eigenvalue weighted by atomic mass is 10.0. The molecule has 1 amide bonds. The van der Waals surface area contributed by atoms with E-state index in [-0.39, 0.29) is 12.3 Å². The van der Waals surface area contributed by atoms with Gasteiger partial charge in [-0.05, 0) is 48.2 Å². The quantitative estimate of drug-likeness (QED) is 0.876. The van der Waals surface area contributed by atoms with Crippen LogP contribution in [0.3, 0.4) is 0 Å². The van der Waals surface area contributed by atoms with Gasteiger partial charge < -0.3 is 11.1 Å². The number of carbonyl (C=O) groups is 1. The molecule has 0 atom stereocenters. The number of carbonyl (C=O) groups excluding carboxylic acids is 1. The lowest BCUT2D eigenvalue weighted by molar-refractivity contribution is -0.117. The summed E-state index contributed by atoms with van der Waals surface area (Å²) in [5.41, 5.74) is 11.1. The highest BCUT2D eigenvalue weighted by Gasteiger charge is 2.02. The van der Waals surface area contributed by atoms with Crippen LogP contribution in [-0.2, 0) is 17.8 Å². The molecule has 3 nitrogen and oxygen atoms in total. The average molecular weight is 268 g/mol. The van der Waals surface area contributed by atoms with Gasteiger partial charge in [-0.2, -0.15) is 0 Å². The van der Waals surface area contributed by atoms with E-state index in [4.69, 9.17) is 5.73 Å². The standard InChI is InChI=1S/C17H20N2O/c1-12-4-3-5-13(2)16(12)11-19-15-8-6-14(7-9-15)10-17(18)20/h3-9,19H,10-11H2,1-2H3,(H2,18,20). The van der Waals surface area contributed by atoms with E-state index in [0.717, 1.165) is 17.8 Å². The summed E-state index contributed by atoms with van der Waals surface area (Å²) in [6, 6.07) is 14.1. The first-order valence-corrected chi connectivity index (χ1v) is 6.72. The Hall–Kier alpha value is -2.29. The van der Waals surface area contributed by atoms with Gasteiger partial charge in [-0.15, -0.1) is 0 Å². The van der Waals surface area contributed by atoms with E-state index in [1.807, 2.05) is 24.3 Å². The van der Waals surface area contributed by atoms with E-state index in [1.165, 1.54) is 16.7 Å². The molecule has 0 aromatic heterocycles. The Bertz CT molecular complexity index is 583. The molecule has 2 aromatic rings. The molecule has 2 aromatic carbocycles. The molecule has 0 radical (unpaired) electrons. The molecule has 20 heavy (non-hydrogen) atoms. The highest BCUT2D eigenvalue weighted by molar-refractivity contribution is 5.76. The van der Waals surface area contributed by atoms with Crippen molar-refractivity contribution < 1.29 is 4.79 Å². The molecule has 0 saturated heterocycles. The molecule has 0 aliphatic carbocycles. The average Bonchev–Trinajstić information content (AvgIpc) is 2.39. The Morgan fingerprint density at radius 1 is 1.05 bits per heavy atom. The van der Waals surface area contributed by atoms with Crippen LogP contribution < -0.4 is 11.1 Å². The molecule has 0 heterocycles. The van der Waals surface area contributed by atoms with Gasteiger partial charge in [0.1, 0.15) is 0 Å². The Kier molecular flexibility index (Phi) is 4.41. The van der Waals surface area contributed by atoms with Gasteiger partial charge in [-0.25, -0.2) is 0 Å². The van der Waals surface area contributed by atoms with Crippen molar-refractivity contribution >= 4 is 11.6 Å². The fourth-order valence-electron chi connectivity index (χ4n) is 2.26. The predicted octanol–water partition coefficient (Wildman–Crippen LogP) is 2.94. The van der Waals surface area contributed by atoms with Crippen LogP contribution in [-0.4, -0.2) is 5.91 Å². The highest BCUT2D eigenvalue weighted by atomic mass is 16.1. The number of benzene rings is 2. The second-order valence-corrected chi connectivity index (χ2v) is 5.06. The summed E-state index contributed by atoms with van der Waals surface area (Å²) in [7, 11) is 0. The Morgan fingerprint density at radius 2 is 1.65 bits per heavy atom. The zero-order valence-corrected chi connectivity index (χ0v) is 11.9. The fourth-order valence-corrected chi connectivity index (χ4v) is 2.26. The number of rotatable bonds is 5. The van der Waals surface area contributed by atoms with Crippen molar-refractivity contribution in [2.24, 2.45) is 5.73 Å². The van der Waals surface area contributed by atoms with E-state index in [9.17, 15) is 4.79 Å². The lowest BCUT2D eigenvalue weighted by Gasteiger charge is -2.12. The normalized spacial score (nSPS) is 10.3. The van der Waals surface area contributed by atoms with E-state index < -0.39 is 0 Å². The Balaban J connectivity index is 2.02. The number of amides is 1. The second kappa shape index (κ2) is 6.24. The van der Waals surface area contributed by atoms with Gasteiger partial charge in [-0.3, -0.25) is 4.79 Å². The van der Waals surface area contributed by atoms with E-state index in [0.29, 0.717) is 0 Å². The maximum absolute atomic E-state index is 10.8. The highest BCUT2D eigenvalue weighted by Crippen LogP contribution is 2.16. The van der Waals surface area contributed by atoms with E-state index >= 15 is 0 Å². The summed E-state index contributed by atoms with van der Waals surface area (Å²) >= 11 is 0. The van der Waals surface area contributed by atoms with Gasteiger partial charge in [0.25, 0.3) is 0 Å². The zero-order valence-electron chi connectivity index (χ0n) is 11.9. The van der Waals surface area contributed by atoms with E-state index in [2.05, 4.69) is 37.4 Å². The van der Waals surface area contributed by atoms with Crippen LogP contribution in [0.5, 0.6) is 0 Å². The van der Waals surface area contributed by atoms with Crippen molar-refractivity contribution in [2.75, 3.05) is 5.32 Å². The predicted molar refractivity (Wildman–Crippen MR) is 82.6 cm³/mol. The first-order valence-electron chi connectivity index (χ1n) is 6.72. The molecule has 0 saturated carbocycles. The first-order chi connectivity index (χ1) is 9.56. The van der Waals surface area contributed by atoms with Crippen LogP contribution in [0, 0.1) is 13.8 Å². The third-order valence-corrected chi connectivity index (χ3v) is 3.45.